The molecule has 1 atom stereocenters. The van der Waals surface area contributed by atoms with E-state index in [2.05, 4.69) is 15.1 Å². The number of nitrogens with two attached hydrogens (primary N) is 1. The molecular weight excluding hydrogens is 386 g/mol. The average molecular weight is 407 g/mol. The van der Waals surface area contributed by atoms with Crippen LogP contribution in [0.1, 0.15) is 35.0 Å². The number of thioether (sulfide) groups is 1. The zero-order chi connectivity index (χ0) is 20.4. The molecule has 1 amide bonds. The molecule has 2 aromatic heterocycles. The number of carbonyl (C=O) groups excluding carboxylic acids is 1. The van der Waals surface area contributed by atoms with E-state index in [0.717, 1.165) is 17.0 Å². The predicted octanol–water partition coefficient (Wildman–Crippen LogP) is 3.74. The summed E-state index contributed by atoms with van der Waals surface area (Å²) in [6.45, 7) is 3.88. The van der Waals surface area contributed by atoms with Crippen molar-refractivity contribution in [3.8, 4) is 0 Å². The summed E-state index contributed by atoms with van der Waals surface area (Å²) in [6.07, 6.45) is 2.21. The number of furan rings is 1. The quantitative estimate of drug-likeness (QED) is 0.511. The third-order valence-electron chi connectivity index (χ3n) is 4.60. The number of carbonyl (C=O) groups is 1. The molecule has 3 aromatic rings. The van der Waals surface area contributed by atoms with E-state index in [4.69, 9.17) is 10.2 Å². The van der Waals surface area contributed by atoms with Gasteiger partial charge in [0.1, 0.15) is 17.6 Å². The number of nitrogen functional groups attached to an aromatic ring is 1. The van der Waals surface area contributed by atoms with E-state index in [-0.39, 0.29) is 17.7 Å². The Bertz CT molecular complexity index is 1030. The number of aryl methyl sites for hydroxylation is 2. The number of hydrazone groups is 1. The minimum Gasteiger partial charge on any atom is -0.467 e. The summed E-state index contributed by atoms with van der Waals surface area (Å²) in [7, 11) is 0. The van der Waals surface area contributed by atoms with E-state index in [1.807, 2.05) is 50.2 Å². The molecular formula is C21H21N5O2S. The summed E-state index contributed by atoms with van der Waals surface area (Å²) in [5.74, 6) is 1.12. The Hall–Kier alpha value is -3.13. The fourth-order valence-corrected chi connectivity index (χ4v) is 3.95. The van der Waals surface area contributed by atoms with Gasteiger partial charge in [-0.05, 0) is 31.5 Å². The van der Waals surface area contributed by atoms with Gasteiger partial charge in [0.2, 0.25) is 0 Å². The van der Waals surface area contributed by atoms with Crippen molar-refractivity contribution in [3.63, 3.8) is 0 Å². The van der Waals surface area contributed by atoms with Crippen LogP contribution in [-0.4, -0.2) is 32.3 Å². The van der Waals surface area contributed by atoms with Crippen LogP contribution in [0.3, 0.4) is 0 Å². The lowest BCUT2D eigenvalue weighted by Crippen LogP contribution is -2.28. The van der Waals surface area contributed by atoms with Crippen LogP contribution in [0.25, 0.3) is 0 Å². The molecule has 1 unspecified atom stereocenters. The van der Waals surface area contributed by atoms with Crippen molar-refractivity contribution in [1.82, 2.24) is 15.0 Å². The van der Waals surface area contributed by atoms with Gasteiger partial charge < -0.3 is 10.2 Å². The van der Waals surface area contributed by atoms with Crippen molar-refractivity contribution in [2.75, 3.05) is 11.5 Å². The van der Waals surface area contributed by atoms with Gasteiger partial charge in [-0.2, -0.15) is 5.10 Å². The van der Waals surface area contributed by atoms with Gasteiger partial charge in [0.25, 0.3) is 5.91 Å². The van der Waals surface area contributed by atoms with Crippen molar-refractivity contribution in [1.29, 1.82) is 0 Å². The van der Waals surface area contributed by atoms with Crippen LogP contribution in [0.2, 0.25) is 0 Å². The number of hydrogen-bond acceptors (Lipinski definition) is 7. The van der Waals surface area contributed by atoms with Gasteiger partial charge >= 0.3 is 0 Å². The highest BCUT2D eigenvalue weighted by Gasteiger charge is 2.34. The first-order valence-electron chi connectivity index (χ1n) is 9.23. The molecule has 148 valence electrons. The molecule has 0 spiro atoms. The third-order valence-corrected chi connectivity index (χ3v) is 5.43. The van der Waals surface area contributed by atoms with Crippen molar-refractivity contribution in [2.24, 2.45) is 5.10 Å². The first kappa shape index (κ1) is 19.2. The number of amides is 1. The first-order chi connectivity index (χ1) is 14.0. The number of anilines is 1. The summed E-state index contributed by atoms with van der Waals surface area (Å²) in [5, 5.41) is 6.63. The van der Waals surface area contributed by atoms with Gasteiger partial charge in [0.15, 0.2) is 5.16 Å². The number of benzene rings is 1. The highest BCUT2D eigenvalue weighted by molar-refractivity contribution is 7.99. The lowest BCUT2D eigenvalue weighted by atomic mass is 10.0. The molecule has 4 rings (SSSR count). The first-order valence-corrected chi connectivity index (χ1v) is 10.2. The van der Waals surface area contributed by atoms with Crippen LogP contribution in [0, 0.1) is 13.8 Å². The molecule has 7 nitrogen and oxygen atoms in total. The second-order valence-electron chi connectivity index (χ2n) is 6.89. The van der Waals surface area contributed by atoms with Crippen molar-refractivity contribution < 1.29 is 9.21 Å². The number of hydrogen-bond donors (Lipinski definition) is 1. The molecule has 0 saturated carbocycles. The van der Waals surface area contributed by atoms with Crippen LogP contribution in [-0.2, 0) is 4.79 Å². The maximum atomic E-state index is 13.0. The van der Waals surface area contributed by atoms with Crippen LogP contribution < -0.4 is 5.73 Å². The lowest BCUT2D eigenvalue weighted by molar-refractivity contribution is -0.130. The zero-order valence-electron chi connectivity index (χ0n) is 16.2. The van der Waals surface area contributed by atoms with E-state index < -0.39 is 0 Å². The maximum Gasteiger partial charge on any atom is 0.253 e. The molecule has 1 aliphatic rings. The summed E-state index contributed by atoms with van der Waals surface area (Å²) < 4.78 is 5.58. The van der Waals surface area contributed by atoms with Crippen LogP contribution in [0.4, 0.5) is 5.82 Å². The van der Waals surface area contributed by atoms with Crippen molar-refractivity contribution in [2.45, 2.75) is 31.5 Å². The maximum absolute atomic E-state index is 13.0. The molecule has 8 heteroatoms. The molecule has 1 aromatic carbocycles. The molecule has 0 fully saturated rings. The second kappa shape index (κ2) is 8.08. The fourth-order valence-electron chi connectivity index (χ4n) is 3.19. The van der Waals surface area contributed by atoms with Crippen LogP contribution >= 0.6 is 11.8 Å². The largest absolute Gasteiger partial charge is 0.467 e. The lowest BCUT2D eigenvalue weighted by Gasteiger charge is -2.19. The molecule has 2 N–H and O–H groups in total. The molecule has 0 bridgehead atoms. The van der Waals surface area contributed by atoms with Crippen molar-refractivity contribution in [3.05, 3.63) is 71.3 Å². The molecule has 0 aliphatic carbocycles. The average Bonchev–Trinajstić information content (AvgIpc) is 3.35. The van der Waals surface area contributed by atoms with Gasteiger partial charge in [0.05, 0.1) is 17.7 Å². The molecule has 3 heterocycles. The zero-order valence-corrected chi connectivity index (χ0v) is 17.0. The van der Waals surface area contributed by atoms with E-state index in [1.165, 1.54) is 22.3 Å². The van der Waals surface area contributed by atoms with E-state index in [1.54, 1.807) is 12.3 Å². The van der Waals surface area contributed by atoms with E-state index in [9.17, 15) is 4.79 Å². The second-order valence-corrected chi connectivity index (χ2v) is 7.83. The fraction of sp³-hybridized carbons (Fsp3) is 0.238. The normalized spacial score (nSPS) is 16.1. The SMILES string of the molecule is Cc1ccc(C2=NN(C(=O)CSc3nc(C)cc(N)n3)C(c3ccco3)C2)cc1. The van der Waals surface area contributed by atoms with Crippen LogP contribution in [0.5, 0.6) is 0 Å². The number of nitrogens with zero attached hydrogens (tertiary/aromatic N) is 4. The predicted molar refractivity (Wildman–Crippen MR) is 113 cm³/mol. The highest BCUT2D eigenvalue weighted by atomic mass is 32.2. The molecule has 0 saturated heterocycles. The minimum absolute atomic E-state index is 0.137. The summed E-state index contributed by atoms with van der Waals surface area (Å²) >= 11 is 1.25. The van der Waals surface area contributed by atoms with E-state index in [0.29, 0.717) is 23.2 Å². The van der Waals surface area contributed by atoms with Gasteiger partial charge in [-0.15, -0.1) is 0 Å². The van der Waals surface area contributed by atoms with E-state index >= 15 is 0 Å². The number of aromatic nitrogens is 2. The van der Waals surface area contributed by atoms with Gasteiger partial charge in [-0.3, -0.25) is 4.79 Å². The Labute approximate surface area is 173 Å². The minimum atomic E-state index is -0.266. The topological polar surface area (TPSA) is 97.6 Å². The Balaban J connectivity index is 1.55. The molecule has 29 heavy (non-hydrogen) atoms. The molecule has 0 radical (unpaired) electrons. The van der Waals surface area contributed by atoms with Crippen LogP contribution in [0.15, 0.2) is 63.4 Å². The number of rotatable bonds is 5. The Morgan fingerprint density at radius 1 is 1.24 bits per heavy atom. The van der Waals surface area contributed by atoms with Crippen molar-refractivity contribution >= 4 is 29.2 Å². The summed E-state index contributed by atoms with van der Waals surface area (Å²) in [6, 6.07) is 13.3. The Morgan fingerprint density at radius 2 is 2.03 bits per heavy atom. The standard InChI is InChI=1S/C21H21N5O2S/c1-13-5-7-15(8-6-13)16-11-17(18-4-3-9-28-18)26(25-16)20(27)12-29-21-23-14(2)10-19(22)24-21/h3-10,17H,11-12H2,1-2H3,(H2,22,23,24). The van der Waals surface area contributed by atoms with Gasteiger partial charge in [0, 0.05) is 18.2 Å². The monoisotopic (exact) mass is 407 g/mol. The van der Waals surface area contributed by atoms with Gasteiger partial charge in [-0.1, -0.05) is 41.6 Å². The highest BCUT2D eigenvalue weighted by Crippen LogP contribution is 2.34. The Morgan fingerprint density at radius 3 is 2.72 bits per heavy atom. The summed E-state index contributed by atoms with van der Waals surface area (Å²) in [5.41, 5.74) is 9.58. The smallest absolute Gasteiger partial charge is 0.253 e. The summed E-state index contributed by atoms with van der Waals surface area (Å²) in [4.78, 5) is 21.5. The van der Waals surface area contributed by atoms with Gasteiger partial charge in [-0.25, -0.2) is 15.0 Å². The molecule has 1 aliphatic heterocycles. The third kappa shape index (κ3) is 4.32. The Kier molecular flexibility index (Phi) is 5.35.